The van der Waals surface area contributed by atoms with Crippen LogP contribution >= 0.6 is 0 Å². The van der Waals surface area contributed by atoms with Crippen LogP contribution < -0.4 is 11.1 Å². The van der Waals surface area contributed by atoms with Crippen molar-refractivity contribution in [3.05, 3.63) is 24.0 Å². The lowest BCUT2D eigenvalue weighted by atomic mass is 10.2. The smallest absolute Gasteiger partial charge is 0.132 e. The largest absolute Gasteiger partial charge is 0.398 e. The minimum atomic E-state index is 0.721. The Labute approximate surface area is 70.5 Å². The maximum Gasteiger partial charge on any atom is 0.132 e. The van der Waals surface area contributed by atoms with Crippen LogP contribution in [0.1, 0.15) is 5.56 Å². The van der Waals surface area contributed by atoms with Crippen LogP contribution in [0.5, 0.6) is 0 Å². The predicted octanol–water partition coefficient (Wildman–Crippen LogP) is 0.0136. The molecule has 1 aliphatic heterocycles. The van der Waals surface area contributed by atoms with Gasteiger partial charge in [-0.3, -0.25) is 9.98 Å². The van der Waals surface area contributed by atoms with Gasteiger partial charge in [-0.1, -0.05) is 0 Å². The monoisotopic (exact) mass is 162 g/mol. The highest BCUT2D eigenvalue weighted by atomic mass is 15.1. The maximum absolute atomic E-state index is 5.74. The molecule has 1 aromatic heterocycles. The topological polar surface area (TPSA) is 63.3 Å². The van der Waals surface area contributed by atoms with Crippen molar-refractivity contribution in [1.82, 2.24) is 10.3 Å². The van der Waals surface area contributed by atoms with Crippen LogP contribution in [0.4, 0.5) is 5.69 Å². The summed E-state index contributed by atoms with van der Waals surface area (Å²) in [6.07, 6.45) is 3.40. The summed E-state index contributed by atoms with van der Waals surface area (Å²) in [6.45, 7) is 1.72. The molecule has 0 radical (unpaired) electrons. The number of anilines is 1. The molecule has 1 aliphatic rings. The van der Waals surface area contributed by atoms with Crippen LogP contribution in [-0.4, -0.2) is 23.9 Å². The first-order valence-electron chi connectivity index (χ1n) is 3.86. The molecule has 0 aliphatic carbocycles. The van der Waals surface area contributed by atoms with Gasteiger partial charge in [-0.25, -0.2) is 0 Å². The van der Waals surface area contributed by atoms with E-state index >= 15 is 0 Å². The summed E-state index contributed by atoms with van der Waals surface area (Å²) in [5.41, 5.74) is 7.36. The number of hydrogen-bond donors (Lipinski definition) is 2. The molecule has 4 nitrogen and oxygen atoms in total. The van der Waals surface area contributed by atoms with Gasteiger partial charge in [-0.15, -0.1) is 0 Å². The summed E-state index contributed by atoms with van der Waals surface area (Å²) < 4.78 is 0. The number of aliphatic imine (C=N–C) groups is 1. The van der Waals surface area contributed by atoms with Crippen molar-refractivity contribution in [1.29, 1.82) is 0 Å². The zero-order valence-electron chi connectivity index (χ0n) is 6.62. The first kappa shape index (κ1) is 7.09. The van der Waals surface area contributed by atoms with Crippen molar-refractivity contribution in [2.75, 3.05) is 18.8 Å². The zero-order chi connectivity index (χ0) is 8.39. The standard InChI is InChI=1S/C8H10N4/c9-7-1-2-10-5-6(7)8-11-3-4-12-8/h1-2,5H,3-4H2,(H2,9,10)(H,11,12). The molecule has 0 fully saturated rings. The molecule has 0 saturated carbocycles. The number of rotatable bonds is 1. The highest BCUT2D eigenvalue weighted by molar-refractivity contribution is 6.03. The van der Waals surface area contributed by atoms with Gasteiger partial charge in [0.2, 0.25) is 0 Å². The van der Waals surface area contributed by atoms with E-state index in [9.17, 15) is 0 Å². The van der Waals surface area contributed by atoms with Gasteiger partial charge >= 0.3 is 0 Å². The summed E-state index contributed by atoms with van der Waals surface area (Å²) in [7, 11) is 0. The van der Waals surface area contributed by atoms with Crippen LogP contribution in [0, 0.1) is 0 Å². The molecule has 2 heterocycles. The first-order valence-corrected chi connectivity index (χ1v) is 3.86. The zero-order valence-corrected chi connectivity index (χ0v) is 6.62. The normalized spacial score (nSPS) is 15.5. The van der Waals surface area contributed by atoms with Crippen molar-refractivity contribution in [2.24, 2.45) is 4.99 Å². The Morgan fingerprint density at radius 1 is 1.50 bits per heavy atom. The van der Waals surface area contributed by atoms with Gasteiger partial charge in [-0.2, -0.15) is 0 Å². The third-order valence-electron chi connectivity index (χ3n) is 1.78. The highest BCUT2D eigenvalue weighted by Crippen LogP contribution is 2.10. The van der Waals surface area contributed by atoms with Crippen molar-refractivity contribution in [2.45, 2.75) is 0 Å². The summed E-state index contributed by atoms with van der Waals surface area (Å²) in [5.74, 6) is 0.862. The van der Waals surface area contributed by atoms with Crippen LogP contribution in [0.3, 0.4) is 0 Å². The molecule has 4 heteroatoms. The Bertz CT molecular complexity index is 319. The third-order valence-corrected chi connectivity index (χ3v) is 1.78. The molecule has 0 atom stereocenters. The van der Waals surface area contributed by atoms with E-state index in [1.807, 2.05) is 0 Å². The van der Waals surface area contributed by atoms with Crippen molar-refractivity contribution >= 4 is 11.5 Å². The third kappa shape index (κ3) is 1.11. The lowest BCUT2D eigenvalue weighted by Crippen LogP contribution is -2.20. The number of hydrogen-bond acceptors (Lipinski definition) is 4. The summed E-state index contributed by atoms with van der Waals surface area (Å²) in [6, 6.07) is 1.78. The van der Waals surface area contributed by atoms with E-state index in [-0.39, 0.29) is 0 Å². The molecule has 3 N–H and O–H groups in total. The fourth-order valence-electron chi connectivity index (χ4n) is 1.18. The van der Waals surface area contributed by atoms with Crippen LogP contribution in [0.2, 0.25) is 0 Å². The lowest BCUT2D eigenvalue weighted by Gasteiger charge is -2.03. The van der Waals surface area contributed by atoms with Gasteiger partial charge < -0.3 is 11.1 Å². The van der Waals surface area contributed by atoms with E-state index in [1.165, 1.54) is 0 Å². The minimum absolute atomic E-state index is 0.721. The van der Waals surface area contributed by atoms with Crippen molar-refractivity contribution < 1.29 is 0 Å². The number of amidine groups is 1. The average molecular weight is 162 g/mol. The Balaban J connectivity index is 2.39. The summed E-state index contributed by atoms with van der Waals surface area (Å²) in [5, 5.41) is 3.14. The van der Waals surface area contributed by atoms with E-state index in [0.29, 0.717) is 0 Å². The van der Waals surface area contributed by atoms with Gasteiger partial charge in [0.25, 0.3) is 0 Å². The second kappa shape index (κ2) is 2.81. The van der Waals surface area contributed by atoms with Gasteiger partial charge in [0.1, 0.15) is 5.84 Å². The Kier molecular flexibility index (Phi) is 1.66. The fourth-order valence-corrected chi connectivity index (χ4v) is 1.18. The van der Waals surface area contributed by atoms with Crippen LogP contribution in [0.15, 0.2) is 23.5 Å². The predicted molar refractivity (Wildman–Crippen MR) is 48.1 cm³/mol. The van der Waals surface area contributed by atoms with Gasteiger partial charge in [-0.05, 0) is 6.07 Å². The highest BCUT2D eigenvalue weighted by Gasteiger charge is 2.09. The Morgan fingerprint density at radius 3 is 3.08 bits per heavy atom. The van der Waals surface area contributed by atoms with Gasteiger partial charge in [0, 0.05) is 24.6 Å². The second-order valence-corrected chi connectivity index (χ2v) is 2.62. The molecular weight excluding hydrogens is 152 g/mol. The second-order valence-electron chi connectivity index (χ2n) is 2.62. The number of nitrogens with zero attached hydrogens (tertiary/aromatic N) is 2. The molecular formula is C8H10N4. The molecule has 62 valence electrons. The first-order chi connectivity index (χ1) is 5.88. The number of aromatic nitrogens is 1. The van der Waals surface area contributed by atoms with Crippen LogP contribution in [-0.2, 0) is 0 Å². The molecule has 1 aromatic rings. The number of nitrogens with one attached hydrogen (secondary N) is 1. The Morgan fingerprint density at radius 2 is 2.42 bits per heavy atom. The fraction of sp³-hybridized carbons (Fsp3) is 0.250. The summed E-state index contributed by atoms with van der Waals surface area (Å²) >= 11 is 0. The van der Waals surface area contributed by atoms with Gasteiger partial charge in [0.15, 0.2) is 0 Å². The molecule has 0 saturated heterocycles. The molecule has 0 amide bonds. The molecule has 0 aromatic carbocycles. The maximum atomic E-state index is 5.74. The molecule has 2 rings (SSSR count). The quantitative estimate of drug-likeness (QED) is 0.611. The van der Waals surface area contributed by atoms with E-state index in [1.54, 1.807) is 18.5 Å². The van der Waals surface area contributed by atoms with E-state index in [2.05, 4.69) is 15.3 Å². The minimum Gasteiger partial charge on any atom is -0.398 e. The average Bonchev–Trinajstić information content (AvgIpc) is 2.57. The number of nitrogen functional groups attached to an aromatic ring is 1. The Hall–Kier alpha value is -1.58. The molecule has 12 heavy (non-hydrogen) atoms. The number of pyridine rings is 1. The van der Waals surface area contributed by atoms with Crippen LogP contribution in [0.25, 0.3) is 0 Å². The molecule has 0 spiro atoms. The van der Waals surface area contributed by atoms with E-state index in [0.717, 1.165) is 30.2 Å². The van der Waals surface area contributed by atoms with Gasteiger partial charge in [0.05, 0.1) is 12.1 Å². The van der Waals surface area contributed by atoms with Crippen molar-refractivity contribution in [3.8, 4) is 0 Å². The lowest BCUT2D eigenvalue weighted by molar-refractivity contribution is 0.960. The SMILES string of the molecule is Nc1ccncc1C1=NCCN1. The number of nitrogens with two attached hydrogens (primary N) is 1. The van der Waals surface area contributed by atoms with Crippen molar-refractivity contribution in [3.63, 3.8) is 0 Å². The van der Waals surface area contributed by atoms with E-state index < -0.39 is 0 Å². The molecule has 0 bridgehead atoms. The van der Waals surface area contributed by atoms with E-state index in [4.69, 9.17) is 5.73 Å². The molecule has 0 unspecified atom stereocenters. The summed E-state index contributed by atoms with van der Waals surface area (Å²) in [4.78, 5) is 8.24.